The Labute approximate surface area is 204 Å². The number of ether oxygens (including phenoxy) is 1. The van der Waals surface area contributed by atoms with Crippen LogP contribution in [0.3, 0.4) is 0 Å². The number of hydrogen-bond donors (Lipinski definition) is 1. The van der Waals surface area contributed by atoms with Crippen molar-refractivity contribution in [1.29, 1.82) is 0 Å². The van der Waals surface area contributed by atoms with Crippen molar-refractivity contribution >= 4 is 5.97 Å². The predicted molar refractivity (Wildman–Crippen MR) is 132 cm³/mol. The van der Waals surface area contributed by atoms with E-state index < -0.39 is 5.97 Å². The maximum absolute atomic E-state index is 12.6. The topological polar surface area (TPSA) is 85.4 Å². The molecule has 0 amide bonds. The maximum atomic E-state index is 12.6. The normalized spacial score (nSPS) is 13.5. The van der Waals surface area contributed by atoms with E-state index in [1.807, 2.05) is 53.2 Å². The molecule has 2 aromatic heterocycles. The Kier molecular flexibility index (Phi) is 6.74. The molecule has 8 nitrogen and oxygen atoms in total. The number of aliphatic hydroxyl groups is 1. The van der Waals surface area contributed by atoms with Crippen LogP contribution in [0.15, 0.2) is 66.9 Å². The van der Waals surface area contributed by atoms with Crippen molar-refractivity contribution in [3.63, 3.8) is 0 Å². The summed E-state index contributed by atoms with van der Waals surface area (Å²) in [6.07, 6.45) is 2.84. The lowest BCUT2D eigenvalue weighted by atomic mass is 10.0. The third-order valence-electron chi connectivity index (χ3n) is 6.25. The Morgan fingerprint density at radius 3 is 2.51 bits per heavy atom. The van der Waals surface area contributed by atoms with Crippen molar-refractivity contribution in [3.05, 3.63) is 89.4 Å². The summed E-state index contributed by atoms with van der Waals surface area (Å²) < 4.78 is 8.94. The average molecular weight is 472 g/mol. The molecule has 1 N–H and O–H groups in total. The Hall–Kier alpha value is -3.75. The Morgan fingerprint density at radius 1 is 1.06 bits per heavy atom. The fraction of sp³-hybridized carbons (Fsp3) is 0.296. The maximum Gasteiger partial charge on any atom is 0.359 e. The molecule has 4 aromatic rings. The molecule has 0 saturated heterocycles. The van der Waals surface area contributed by atoms with Crippen molar-refractivity contribution in [2.45, 2.75) is 33.0 Å². The first-order chi connectivity index (χ1) is 17.2. The highest BCUT2D eigenvalue weighted by molar-refractivity contribution is 5.89. The number of hydrogen-bond acceptors (Lipinski definition) is 6. The van der Waals surface area contributed by atoms with Crippen LogP contribution in [0, 0.1) is 0 Å². The zero-order valence-electron chi connectivity index (χ0n) is 19.8. The van der Waals surface area contributed by atoms with E-state index in [9.17, 15) is 9.90 Å². The molecular weight excluding hydrogens is 442 g/mol. The zero-order valence-corrected chi connectivity index (χ0v) is 19.8. The summed E-state index contributed by atoms with van der Waals surface area (Å²) in [6.45, 7) is 4.50. The minimum absolute atomic E-state index is 0.0286. The van der Waals surface area contributed by atoms with Crippen LogP contribution >= 0.6 is 0 Å². The van der Waals surface area contributed by atoms with Gasteiger partial charge in [0.2, 0.25) is 0 Å². The molecule has 0 spiro atoms. The largest absolute Gasteiger partial charge is 0.461 e. The third-order valence-corrected chi connectivity index (χ3v) is 6.25. The predicted octanol–water partition coefficient (Wildman–Crippen LogP) is 3.46. The molecule has 35 heavy (non-hydrogen) atoms. The van der Waals surface area contributed by atoms with Crippen molar-refractivity contribution in [2.75, 3.05) is 19.8 Å². The highest BCUT2D eigenvalue weighted by atomic mass is 16.5. The van der Waals surface area contributed by atoms with Gasteiger partial charge >= 0.3 is 5.97 Å². The molecule has 0 bridgehead atoms. The smallest absolute Gasteiger partial charge is 0.359 e. The molecule has 0 saturated carbocycles. The van der Waals surface area contributed by atoms with Crippen molar-refractivity contribution in [1.82, 2.24) is 24.5 Å². The van der Waals surface area contributed by atoms with Gasteiger partial charge < -0.3 is 9.84 Å². The second-order valence-corrected chi connectivity index (χ2v) is 8.55. The quantitative estimate of drug-likeness (QED) is 0.396. The van der Waals surface area contributed by atoms with Gasteiger partial charge in [0.05, 0.1) is 31.1 Å². The van der Waals surface area contributed by atoms with E-state index in [4.69, 9.17) is 9.84 Å². The summed E-state index contributed by atoms with van der Waals surface area (Å²) in [6, 6.07) is 20.3. The van der Waals surface area contributed by atoms with E-state index in [0.717, 1.165) is 46.7 Å². The number of fused-ring (bicyclic) bond motifs is 1. The molecule has 1 aliphatic rings. The fourth-order valence-electron chi connectivity index (χ4n) is 4.64. The van der Waals surface area contributed by atoms with Gasteiger partial charge in [-0.25, -0.2) is 9.48 Å². The molecule has 180 valence electrons. The lowest BCUT2D eigenvalue weighted by molar-refractivity contribution is 0.0515. The second-order valence-electron chi connectivity index (χ2n) is 8.55. The van der Waals surface area contributed by atoms with E-state index in [1.165, 1.54) is 0 Å². The van der Waals surface area contributed by atoms with Crippen LogP contribution in [0.4, 0.5) is 0 Å². The first-order valence-electron chi connectivity index (χ1n) is 12.0. The number of carbonyl (C=O) groups excluding carboxylic acids is 1. The molecule has 0 aliphatic carbocycles. The van der Waals surface area contributed by atoms with E-state index in [2.05, 4.69) is 28.3 Å². The van der Waals surface area contributed by atoms with Gasteiger partial charge in [-0.05, 0) is 19.1 Å². The number of carbonyl (C=O) groups is 1. The molecule has 1 aliphatic heterocycles. The van der Waals surface area contributed by atoms with Crippen LogP contribution in [-0.2, 0) is 30.8 Å². The SMILES string of the molecule is CCOC(=O)c1nn(CCO)c2c1CN(Cc1cn(-c3ccccc3)nc1-c1ccccc1)CC2. The Balaban J connectivity index is 1.47. The van der Waals surface area contributed by atoms with Crippen molar-refractivity contribution < 1.29 is 14.6 Å². The van der Waals surface area contributed by atoms with Gasteiger partial charge in [0.25, 0.3) is 0 Å². The summed E-state index contributed by atoms with van der Waals surface area (Å²) >= 11 is 0. The standard InChI is InChI=1S/C27H29N5O3/c1-2-35-27(34)26-23-19-30(14-13-24(23)31(29-26)15-16-33)17-21-18-32(22-11-7-4-8-12-22)28-25(21)20-9-5-3-6-10-20/h3-12,18,33H,2,13-17,19H2,1H3. The van der Waals surface area contributed by atoms with E-state index >= 15 is 0 Å². The minimum Gasteiger partial charge on any atom is -0.461 e. The number of nitrogens with zero attached hydrogens (tertiary/aromatic N) is 5. The highest BCUT2D eigenvalue weighted by Gasteiger charge is 2.29. The molecule has 5 rings (SSSR count). The molecule has 0 unspecified atom stereocenters. The van der Waals surface area contributed by atoms with Crippen molar-refractivity contribution in [3.8, 4) is 16.9 Å². The van der Waals surface area contributed by atoms with Gasteiger partial charge in [0.1, 0.15) is 0 Å². The zero-order chi connectivity index (χ0) is 24.2. The molecular formula is C27H29N5O3. The van der Waals surface area contributed by atoms with E-state index in [1.54, 1.807) is 11.6 Å². The second kappa shape index (κ2) is 10.2. The number of aliphatic hydroxyl groups excluding tert-OH is 1. The first-order valence-corrected chi connectivity index (χ1v) is 12.0. The number of benzene rings is 2. The molecule has 2 aromatic carbocycles. The molecule has 0 atom stereocenters. The van der Waals surface area contributed by atoms with Crippen LogP contribution in [0.2, 0.25) is 0 Å². The lowest BCUT2D eigenvalue weighted by Crippen LogP contribution is -2.31. The van der Waals surface area contributed by atoms with Gasteiger partial charge in [-0.1, -0.05) is 48.5 Å². The van der Waals surface area contributed by atoms with Gasteiger partial charge in [0, 0.05) is 54.6 Å². The van der Waals surface area contributed by atoms with Crippen LogP contribution in [-0.4, -0.2) is 55.3 Å². The first kappa shape index (κ1) is 23.0. The Bertz CT molecular complexity index is 1300. The Morgan fingerprint density at radius 2 is 1.80 bits per heavy atom. The van der Waals surface area contributed by atoms with Gasteiger partial charge in [-0.2, -0.15) is 10.2 Å². The monoisotopic (exact) mass is 471 g/mol. The molecule has 0 radical (unpaired) electrons. The van der Waals surface area contributed by atoms with E-state index in [-0.39, 0.29) is 6.61 Å². The lowest BCUT2D eigenvalue weighted by Gasteiger charge is -2.27. The molecule has 3 heterocycles. The number of esters is 1. The summed E-state index contributed by atoms with van der Waals surface area (Å²) in [7, 11) is 0. The number of para-hydroxylation sites is 1. The summed E-state index contributed by atoms with van der Waals surface area (Å²) in [5.74, 6) is -0.413. The number of rotatable bonds is 8. The van der Waals surface area contributed by atoms with E-state index in [0.29, 0.717) is 31.9 Å². The molecule has 0 fully saturated rings. The van der Waals surface area contributed by atoms with Crippen LogP contribution in [0.5, 0.6) is 0 Å². The van der Waals surface area contributed by atoms with Crippen LogP contribution in [0.25, 0.3) is 16.9 Å². The third kappa shape index (κ3) is 4.76. The fourth-order valence-corrected chi connectivity index (χ4v) is 4.64. The summed E-state index contributed by atoms with van der Waals surface area (Å²) in [5, 5.41) is 18.9. The van der Waals surface area contributed by atoms with Gasteiger partial charge in [0.15, 0.2) is 5.69 Å². The van der Waals surface area contributed by atoms with Crippen LogP contribution < -0.4 is 0 Å². The average Bonchev–Trinajstić information content (AvgIpc) is 3.47. The van der Waals surface area contributed by atoms with Gasteiger partial charge in [-0.15, -0.1) is 0 Å². The molecule has 8 heteroatoms. The van der Waals surface area contributed by atoms with Gasteiger partial charge in [-0.3, -0.25) is 9.58 Å². The van der Waals surface area contributed by atoms with Crippen molar-refractivity contribution in [2.24, 2.45) is 0 Å². The number of aromatic nitrogens is 4. The summed E-state index contributed by atoms with van der Waals surface area (Å²) in [4.78, 5) is 14.9. The highest BCUT2D eigenvalue weighted by Crippen LogP contribution is 2.29. The van der Waals surface area contributed by atoms with Crippen LogP contribution in [0.1, 0.15) is 34.2 Å². The minimum atomic E-state index is -0.413. The summed E-state index contributed by atoms with van der Waals surface area (Å²) in [5.41, 5.74) is 6.38.